The van der Waals surface area contributed by atoms with E-state index < -0.39 is 17.8 Å². The Balaban J connectivity index is 2.35. The van der Waals surface area contributed by atoms with E-state index >= 15 is 0 Å². The van der Waals surface area contributed by atoms with Crippen molar-refractivity contribution in [2.45, 2.75) is 13.8 Å². The van der Waals surface area contributed by atoms with Gasteiger partial charge in [0, 0.05) is 16.8 Å². The third-order valence-corrected chi connectivity index (χ3v) is 3.36. The van der Waals surface area contributed by atoms with Crippen LogP contribution in [0.15, 0.2) is 24.3 Å². The van der Waals surface area contributed by atoms with E-state index in [1.165, 1.54) is 13.2 Å². The first-order valence-electron chi connectivity index (χ1n) is 6.83. The van der Waals surface area contributed by atoms with Crippen molar-refractivity contribution in [1.82, 2.24) is 4.98 Å². The van der Waals surface area contributed by atoms with E-state index in [2.05, 4.69) is 15.0 Å². The zero-order valence-electron chi connectivity index (χ0n) is 13.0. The van der Waals surface area contributed by atoms with E-state index in [0.29, 0.717) is 22.5 Å². The molecule has 0 saturated carbocycles. The van der Waals surface area contributed by atoms with E-state index in [1.807, 2.05) is 0 Å². The van der Waals surface area contributed by atoms with Gasteiger partial charge in [0.2, 0.25) is 5.91 Å². The zero-order chi connectivity index (χ0) is 17.1. The Labute approximate surface area is 132 Å². The Morgan fingerprint density at radius 2 is 1.87 bits per heavy atom. The smallest absolute Gasteiger partial charge is 0.356 e. The number of rotatable bonds is 4. The normalized spacial score (nSPS) is 10.2. The standard InChI is InChI=1S/C16H17N3O4/c1-8-4-5-10(14(17)20)7-11(8)15(21)19-12-6-9(2)18-13(12)16(22)23-3/h4-7,18H,1-3H3,(H2,17,20)(H,19,21). The SMILES string of the molecule is COC(=O)c1[nH]c(C)cc1NC(=O)c1cc(C(N)=O)ccc1C. The predicted octanol–water partition coefficient (Wildman–Crippen LogP) is 1.77. The van der Waals surface area contributed by atoms with Crippen LogP contribution in [0.5, 0.6) is 0 Å². The summed E-state index contributed by atoms with van der Waals surface area (Å²) in [6.07, 6.45) is 0. The first kappa shape index (κ1) is 16.3. The molecule has 7 heteroatoms. The second-order valence-corrected chi connectivity index (χ2v) is 5.08. The van der Waals surface area contributed by atoms with E-state index in [1.54, 1.807) is 32.0 Å². The number of methoxy groups -OCH3 is 1. The largest absolute Gasteiger partial charge is 0.464 e. The number of esters is 1. The molecule has 2 amide bonds. The molecule has 2 rings (SSSR count). The Morgan fingerprint density at radius 3 is 2.48 bits per heavy atom. The summed E-state index contributed by atoms with van der Waals surface area (Å²) in [4.78, 5) is 38.3. The van der Waals surface area contributed by atoms with Crippen LogP contribution >= 0.6 is 0 Å². The van der Waals surface area contributed by atoms with Crippen molar-refractivity contribution in [3.8, 4) is 0 Å². The number of aryl methyl sites for hydroxylation is 2. The first-order chi connectivity index (χ1) is 10.8. The van der Waals surface area contributed by atoms with Crippen LogP contribution in [0.1, 0.15) is 42.5 Å². The molecule has 23 heavy (non-hydrogen) atoms. The van der Waals surface area contributed by atoms with Gasteiger partial charge < -0.3 is 20.8 Å². The topological polar surface area (TPSA) is 114 Å². The minimum atomic E-state index is -0.619. The highest BCUT2D eigenvalue weighted by molar-refractivity contribution is 6.09. The number of anilines is 1. The van der Waals surface area contributed by atoms with Gasteiger partial charge in [-0.1, -0.05) is 6.07 Å². The summed E-state index contributed by atoms with van der Waals surface area (Å²) >= 11 is 0. The van der Waals surface area contributed by atoms with Crippen molar-refractivity contribution in [2.75, 3.05) is 12.4 Å². The number of carbonyl (C=O) groups is 3. The van der Waals surface area contributed by atoms with E-state index in [4.69, 9.17) is 5.73 Å². The van der Waals surface area contributed by atoms with E-state index in [9.17, 15) is 14.4 Å². The van der Waals surface area contributed by atoms with Crippen LogP contribution in [0.25, 0.3) is 0 Å². The summed E-state index contributed by atoms with van der Waals surface area (Å²) in [5.41, 5.74) is 7.61. The number of aromatic amines is 1. The Kier molecular flexibility index (Phi) is 4.49. The van der Waals surface area contributed by atoms with Crippen LogP contribution in [0.4, 0.5) is 5.69 Å². The van der Waals surface area contributed by atoms with Gasteiger partial charge in [-0.05, 0) is 37.6 Å². The number of amides is 2. The van der Waals surface area contributed by atoms with Crippen molar-refractivity contribution in [3.63, 3.8) is 0 Å². The van der Waals surface area contributed by atoms with Crippen molar-refractivity contribution < 1.29 is 19.1 Å². The molecule has 7 nitrogen and oxygen atoms in total. The fourth-order valence-electron chi connectivity index (χ4n) is 2.16. The van der Waals surface area contributed by atoms with Gasteiger partial charge in [-0.3, -0.25) is 9.59 Å². The van der Waals surface area contributed by atoms with Crippen LogP contribution in [0.3, 0.4) is 0 Å². The molecule has 4 N–H and O–H groups in total. The van der Waals surface area contributed by atoms with Gasteiger partial charge in [0.15, 0.2) is 0 Å². The Morgan fingerprint density at radius 1 is 1.17 bits per heavy atom. The number of carbonyl (C=O) groups excluding carboxylic acids is 3. The average molecular weight is 315 g/mol. The van der Waals surface area contributed by atoms with Crippen LogP contribution in [-0.4, -0.2) is 29.9 Å². The van der Waals surface area contributed by atoms with E-state index in [-0.39, 0.29) is 11.3 Å². The maximum atomic E-state index is 12.5. The molecule has 0 unspecified atom stereocenters. The predicted molar refractivity (Wildman–Crippen MR) is 84.5 cm³/mol. The average Bonchev–Trinajstić information content (AvgIpc) is 2.87. The van der Waals surface area contributed by atoms with Crippen molar-refractivity contribution >= 4 is 23.5 Å². The number of hydrogen-bond acceptors (Lipinski definition) is 4. The maximum absolute atomic E-state index is 12.5. The minimum Gasteiger partial charge on any atom is -0.464 e. The van der Waals surface area contributed by atoms with Crippen LogP contribution < -0.4 is 11.1 Å². The molecule has 0 radical (unpaired) electrons. The highest BCUT2D eigenvalue weighted by atomic mass is 16.5. The van der Waals surface area contributed by atoms with Gasteiger partial charge in [-0.15, -0.1) is 0 Å². The molecule has 0 bridgehead atoms. The summed E-state index contributed by atoms with van der Waals surface area (Å²) in [6, 6.07) is 6.23. The molecular weight excluding hydrogens is 298 g/mol. The van der Waals surface area contributed by atoms with E-state index in [0.717, 1.165) is 0 Å². The van der Waals surface area contributed by atoms with Gasteiger partial charge in [0.1, 0.15) is 5.69 Å². The van der Waals surface area contributed by atoms with Gasteiger partial charge in [-0.25, -0.2) is 4.79 Å². The maximum Gasteiger partial charge on any atom is 0.356 e. The highest BCUT2D eigenvalue weighted by Gasteiger charge is 2.19. The molecule has 120 valence electrons. The second-order valence-electron chi connectivity index (χ2n) is 5.08. The summed E-state index contributed by atoms with van der Waals surface area (Å²) in [5, 5.41) is 2.65. The van der Waals surface area contributed by atoms with Gasteiger partial charge in [-0.2, -0.15) is 0 Å². The fourth-order valence-corrected chi connectivity index (χ4v) is 2.16. The lowest BCUT2D eigenvalue weighted by molar-refractivity contribution is 0.0595. The molecule has 1 aromatic heterocycles. The molecule has 1 aromatic carbocycles. The molecule has 2 aromatic rings. The number of aromatic nitrogens is 1. The van der Waals surface area contributed by atoms with Crippen LogP contribution in [-0.2, 0) is 4.74 Å². The third-order valence-electron chi connectivity index (χ3n) is 3.36. The summed E-state index contributed by atoms with van der Waals surface area (Å²) in [5.74, 6) is -1.66. The van der Waals surface area contributed by atoms with Gasteiger partial charge in [0.25, 0.3) is 5.91 Å². The zero-order valence-corrected chi connectivity index (χ0v) is 13.0. The lowest BCUT2D eigenvalue weighted by Crippen LogP contribution is -2.18. The lowest BCUT2D eigenvalue weighted by atomic mass is 10.0. The molecule has 0 saturated heterocycles. The molecule has 0 fully saturated rings. The number of primary amides is 1. The number of H-pyrrole nitrogens is 1. The first-order valence-corrected chi connectivity index (χ1v) is 6.83. The summed E-state index contributed by atoms with van der Waals surface area (Å²) < 4.78 is 4.67. The number of nitrogens with two attached hydrogens (primary N) is 1. The van der Waals surface area contributed by atoms with Crippen LogP contribution in [0.2, 0.25) is 0 Å². The summed E-state index contributed by atoms with van der Waals surface area (Å²) in [6.45, 7) is 3.49. The molecule has 0 aliphatic carbocycles. The second kappa shape index (κ2) is 6.35. The number of benzene rings is 1. The highest BCUT2D eigenvalue weighted by Crippen LogP contribution is 2.20. The van der Waals surface area contributed by atoms with Crippen molar-refractivity contribution in [2.24, 2.45) is 5.73 Å². The van der Waals surface area contributed by atoms with Gasteiger partial charge in [0.05, 0.1) is 12.8 Å². The quantitative estimate of drug-likeness (QED) is 0.746. The molecule has 0 aliphatic heterocycles. The fraction of sp³-hybridized carbons (Fsp3) is 0.188. The summed E-state index contributed by atoms with van der Waals surface area (Å²) in [7, 11) is 1.25. The Hall–Kier alpha value is -3.09. The van der Waals surface area contributed by atoms with Crippen molar-refractivity contribution in [1.29, 1.82) is 0 Å². The lowest BCUT2D eigenvalue weighted by Gasteiger charge is -2.09. The molecule has 0 atom stereocenters. The molecule has 0 aliphatic rings. The van der Waals surface area contributed by atoms with Gasteiger partial charge >= 0.3 is 5.97 Å². The molecule has 1 heterocycles. The number of ether oxygens (including phenoxy) is 1. The Bertz CT molecular complexity index is 793. The van der Waals surface area contributed by atoms with Crippen LogP contribution in [0, 0.1) is 13.8 Å². The van der Waals surface area contributed by atoms with Crippen molar-refractivity contribution in [3.05, 3.63) is 52.3 Å². The number of nitrogens with one attached hydrogen (secondary N) is 2. The minimum absolute atomic E-state index is 0.155. The monoisotopic (exact) mass is 315 g/mol. The number of hydrogen-bond donors (Lipinski definition) is 3. The molecule has 0 spiro atoms. The molecular formula is C16H17N3O4. The third kappa shape index (κ3) is 3.39.